The molecule has 0 saturated carbocycles. The van der Waals surface area contributed by atoms with E-state index in [9.17, 15) is 0 Å². The molecule has 2 N–H and O–H groups in total. The normalized spacial score (nSPS) is 29.9. The van der Waals surface area contributed by atoms with E-state index in [0.717, 1.165) is 6.42 Å². The molecule has 0 aliphatic carbocycles. The van der Waals surface area contributed by atoms with Gasteiger partial charge in [-0.3, -0.25) is 0 Å². The molecule has 3 rings (SSSR count). The number of nitrogens with zero attached hydrogens (tertiary/aromatic N) is 1. The maximum Gasteiger partial charge on any atom is 0.0482 e. The zero-order valence-electron chi connectivity index (χ0n) is 8.32. The Hall–Kier alpha value is -1.02. The summed E-state index contributed by atoms with van der Waals surface area (Å²) in [7, 11) is 0. The Bertz CT molecular complexity index is 348. The van der Waals surface area contributed by atoms with Gasteiger partial charge in [-0.15, -0.1) is 0 Å². The number of anilines is 1. The van der Waals surface area contributed by atoms with E-state index in [4.69, 9.17) is 5.73 Å². The van der Waals surface area contributed by atoms with Crippen LogP contribution in [0.4, 0.5) is 5.69 Å². The molecule has 0 radical (unpaired) electrons. The number of hydrogen-bond acceptors (Lipinski definition) is 2. The van der Waals surface area contributed by atoms with Gasteiger partial charge < -0.3 is 10.6 Å². The molecule has 2 atom stereocenters. The van der Waals surface area contributed by atoms with Crippen LogP contribution in [0.25, 0.3) is 0 Å². The summed E-state index contributed by atoms with van der Waals surface area (Å²) >= 11 is 0. The van der Waals surface area contributed by atoms with Crippen molar-refractivity contribution in [2.45, 2.75) is 31.3 Å². The Morgan fingerprint density at radius 2 is 2.14 bits per heavy atom. The molecular weight excluding hydrogens is 172 g/mol. The fourth-order valence-corrected chi connectivity index (χ4v) is 2.84. The summed E-state index contributed by atoms with van der Waals surface area (Å²) in [6, 6.07) is 9.66. The van der Waals surface area contributed by atoms with Gasteiger partial charge in [0.1, 0.15) is 0 Å². The van der Waals surface area contributed by atoms with Gasteiger partial charge in [0.15, 0.2) is 0 Å². The van der Waals surface area contributed by atoms with E-state index in [-0.39, 0.29) is 0 Å². The third-order valence-electron chi connectivity index (χ3n) is 3.56. The van der Waals surface area contributed by atoms with Crippen LogP contribution in [0.3, 0.4) is 0 Å². The first-order valence-electron chi connectivity index (χ1n) is 5.46. The second-order valence-electron chi connectivity index (χ2n) is 4.40. The largest absolute Gasteiger partial charge is 0.366 e. The van der Waals surface area contributed by atoms with Gasteiger partial charge in [-0.2, -0.15) is 0 Å². The van der Waals surface area contributed by atoms with Crippen LogP contribution in [0.5, 0.6) is 0 Å². The van der Waals surface area contributed by atoms with E-state index in [2.05, 4.69) is 29.2 Å². The number of hydrogen-bond donors (Lipinski definition) is 1. The number of fused-ring (bicyclic) bond motifs is 3. The summed E-state index contributed by atoms with van der Waals surface area (Å²) in [5, 5.41) is 0. The Morgan fingerprint density at radius 1 is 1.29 bits per heavy atom. The number of benzene rings is 1. The van der Waals surface area contributed by atoms with Crippen LogP contribution >= 0.6 is 0 Å². The maximum absolute atomic E-state index is 6.16. The second kappa shape index (κ2) is 2.99. The lowest BCUT2D eigenvalue weighted by Gasteiger charge is -2.36. The molecule has 2 aliphatic heterocycles. The third kappa shape index (κ3) is 1.07. The van der Waals surface area contributed by atoms with Gasteiger partial charge in [0.05, 0.1) is 0 Å². The molecule has 1 aromatic carbocycles. The summed E-state index contributed by atoms with van der Waals surface area (Å²) in [6.07, 6.45) is 3.58. The zero-order chi connectivity index (χ0) is 9.54. The molecular formula is C12H16N2. The maximum atomic E-state index is 6.16. The van der Waals surface area contributed by atoms with E-state index >= 15 is 0 Å². The van der Waals surface area contributed by atoms with Crippen molar-refractivity contribution >= 4 is 5.69 Å². The fraction of sp³-hybridized carbons (Fsp3) is 0.500. The van der Waals surface area contributed by atoms with Crippen molar-refractivity contribution in [3.63, 3.8) is 0 Å². The van der Waals surface area contributed by atoms with Gasteiger partial charge in [-0.1, -0.05) is 18.2 Å². The highest BCUT2D eigenvalue weighted by atomic mass is 15.2. The molecule has 0 spiro atoms. The van der Waals surface area contributed by atoms with Crippen LogP contribution < -0.4 is 10.6 Å². The molecule has 2 heteroatoms. The van der Waals surface area contributed by atoms with Crippen molar-refractivity contribution in [3.05, 3.63) is 29.8 Å². The predicted octanol–water partition coefficient (Wildman–Crippen LogP) is 1.54. The first-order valence-corrected chi connectivity index (χ1v) is 5.46. The van der Waals surface area contributed by atoms with Crippen LogP contribution in [-0.2, 0) is 6.42 Å². The lowest BCUT2D eigenvalue weighted by molar-refractivity contribution is 0.415. The van der Waals surface area contributed by atoms with Gasteiger partial charge in [0.25, 0.3) is 0 Å². The Balaban J connectivity index is 2.00. The van der Waals surface area contributed by atoms with Gasteiger partial charge in [0, 0.05) is 24.3 Å². The molecule has 2 aliphatic rings. The highest BCUT2D eigenvalue weighted by Crippen LogP contribution is 2.35. The monoisotopic (exact) mass is 188 g/mol. The summed E-state index contributed by atoms with van der Waals surface area (Å²) in [5.41, 5.74) is 9.06. The molecule has 74 valence electrons. The molecule has 1 saturated heterocycles. The molecule has 0 aromatic heterocycles. The molecule has 2 heterocycles. The highest BCUT2D eigenvalue weighted by molar-refractivity contribution is 5.60. The molecule has 1 aromatic rings. The van der Waals surface area contributed by atoms with Gasteiger partial charge in [-0.05, 0) is 30.9 Å². The van der Waals surface area contributed by atoms with E-state index < -0.39 is 0 Å². The zero-order valence-corrected chi connectivity index (χ0v) is 8.32. The quantitative estimate of drug-likeness (QED) is 0.669. The Kier molecular flexibility index (Phi) is 1.77. The topological polar surface area (TPSA) is 29.3 Å². The predicted molar refractivity (Wildman–Crippen MR) is 58.5 cm³/mol. The average Bonchev–Trinajstić information content (AvgIpc) is 2.59. The van der Waals surface area contributed by atoms with Crippen molar-refractivity contribution in [1.29, 1.82) is 0 Å². The highest BCUT2D eigenvalue weighted by Gasteiger charge is 2.35. The minimum Gasteiger partial charge on any atom is -0.366 e. The van der Waals surface area contributed by atoms with E-state index in [1.54, 1.807) is 0 Å². The molecule has 1 fully saturated rings. The smallest absolute Gasteiger partial charge is 0.0482 e. The van der Waals surface area contributed by atoms with Crippen LogP contribution in [0.1, 0.15) is 18.4 Å². The fourth-order valence-electron chi connectivity index (χ4n) is 2.84. The second-order valence-corrected chi connectivity index (χ2v) is 4.40. The molecule has 14 heavy (non-hydrogen) atoms. The first-order chi connectivity index (χ1) is 6.86. The number of piperidine rings is 1. The third-order valence-corrected chi connectivity index (χ3v) is 3.56. The first kappa shape index (κ1) is 8.30. The van der Waals surface area contributed by atoms with Crippen molar-refractivity contribution in [2.24, 2.45) is 5.73 Å². The average molecular weight is 188 g/mol. The van der Waals surface area contributed by atoms with E-state index in [1.165, 1.54) is 30.6 Å². The van der Waals surface area contributed by atoms with Crippen molar-refractivity contribution < 1.29 is 0 Å². The SMILES string of the molecule is NC1CCCN2c3ccccc3CC12. The number of nitrogens with two attached hydrogens (primary N) is 1. The number of para-hydroxylation sites is 1. The van der Waals surface area contributed by atoms with Crippen molar-refractivity contribution in [3.8, 4) is 0 Å². The van der Waals surface area contributed by atoms with Crippen LogP contribution in [0.15, 0.2) is 24.3 Å². The standard InChI is InChI=1S/C12H16N2/c13-10-5-3-7-14-11-6-2-1-4-9(11)8-12(10)14/h1-2,4,6,10,12H,3,5,7-8,13H2. The Labute approximate surface area is 84.7 Å². The molecule has 2 unspecified atom stereocenters. The van der Waals surface area contributed by atoms with E-state index in [0.29, 0.717) is 12.1 Å². The van der Waals surface area contributed by atoms with Crippen LogP contribution in [-0.4, -0.2) is 18.6 Å². The van der Waals surface area contributed by atoms with Crippen molar-refractivity contribution in [1.82, 2.24) is 0 Å². The molecule has 2 nitrogen and oxygen atoms in total. The Morgan fingerprint density at radius 3 is 3.07 bits per heavy atom. The minimum atomic E-state index is 0.371. The summed E-state index contributed by atoms with van der Waals surface area (Å²) in [6.45, 7) is 1.19. The number of rotatable bonds is 0. The lowest BCUT2D eigenvalue weighted by Crippen LogP contribution is -2.50. The van der Waals surface area contributed by atoms with Crippen LogP contribution in [0, 0.1) is 0 Å². The minimum absolute atomic E-state index is 0.371. The summed E-state index contributed by atoms with van der Waals surface area (Å²) in [5.74, 6) is 0. The lowest BCUT2D eigenvalue weighted by atomic mass is 9.96. The van der Waals surface area contributed by atoms with Crippen molar-refractivity contribution in [2.75, 3.05) is 11.4 Å². The van der Waals surface area contributed by atoms with Gasteiger partial charge in [-0.25, -0.2) is 0 Å². The van der Waals surface area contributed by atoms with E-state index in [1.807, 2.05) is 0 Å². The summed E-state index contributed by atoms with van der Waals surface area (Å²) < 4.78 is 0. The molecule has 0 bridgehead atoms. The summed E-state index contributed by atoms with van der Waals surface area (Å²) in [4.78, 5) is 2.50. The molecule has 0 amide bonds. The van der Waals surface area contributed by atoms with Crippen LogP contribution in [0.2, 0.25) is 0 Å². The van der Waals surface area contributed by atoms with Gasteiger partial charge in [0.2, 0.25) is 0 Å². The van der Waals surface area contributed by atoms with Gasteiger partial charge >= 0.3 is 0 Å².